The first-order valence-electron chi connectivity index (χ1n) is 7.21. The molecule has 3 rings (SSSR count). The van der Waals surface area contributed by atoms with Gasteiger partial charge in [0.05, 0.1) is 0 Å². The molecule has 0 atom stereocenters. The van der Waals surface area contributed by atoms with E-state index in [1.165, 1.54) is 5.56 Å². The Morgan fingerprint density at radius 3 is 2.29 bits per heavy atom. The maximum Gasteiger partial charge on any atom is 0.258 e. The highest BCUT2D eigenvalue weighted by Crippen LogP contribution is 2.22. The summed E-state index contributed by atoms with van der Waals surface area (Å²) >= 11 is 0. The van der Waals surface area contributed by atoms with Gasteiger partial charge in [-0.25, -0.2) is 0 Å². The van der Waals surface area contributed by atoms with Crippen LogP contribution in [0.4, 0.5) is 0 Å². The van der Waals surface area contributed by atoms with Crippen LogP contribution in [0.25, 0.3) is 22.8 Å². The Labute approximate surface area is 124 Å². The number of hydrogen-bond acceptors (Lipinski definition) is 3. The topological polar surface area (TPSA) is 38.9 Å². The second-order valence-corrected chi connectivity index (χ2v) is 5.58. The zero-order valence-corrected chi connectivity index (χ0v) is 12.3. The van der Waals surface area contributed by atoms with Crippen molar-refractivity contribution in [1.82, 2.24) is 10.1 Å². The van der Waals surface area contributed by atoms with Crippen LogP contribution in [0.5, 0.6) is 0 Å². The summed E-state index contributed by atoms with van der Waals surface area (Å²) in [5.41, 5.74) is 3.25. The van der Waals surface area contributed by atoms with Gasteiger partial charge in [0.15, 0.2) is 0 Å². The molecule has 21 heavy (non-hydrogen) atoms. The molecule has 0 bridgehead atoms. The Morgan fingerprint density at radius 2 is 1.62 bits per heavy atom. The molecule has 0 radical (unpaired) electrons. The van der Waals surface area contributed by atoms with Crippen molar-refractivity contribution in [2.75, 3.05) is 0 Å². The van der Waals surface area contributed by atoms with E-state index in [9.17, 15) is 0 Å². The van der Waals surface area contributed by atoms with Crippen molar-refractivity contribution in [3.05, 3.63) is 60.2 Å². The summed E-state index contributed by atoms with van der Waals surface area (Å²) in [6.07, 6.45) is 1.08. The Kier molecular flexibility index (Phi) is 3.82. The van der Waals surface area contributed by atoms with Crippen LogP contribution in [0.2, 0.25) is 0 Å². The van der Waals surface area contributed by atoms with Gasteiger partial charge in [-0.1, -0.05) is 61.5 Å². The van der Waals surface area contributed by atoms with Crippen molar-refractivity contribution in [1.29, 1.82) is 0 Å². The average Bonchev–Trinajstić information content (AvgIpc) is 2.98. The van der Waals surface area contributed by atoms with Gasteiger partial charge in [0.25, 0.3) is 5.89 Å². The van der Waals surface area contributed by atoms with Crippen LogP contribution in [0.1, 0.15) is 19.4 Å². The van der Waals surface area contributed by atoms with Gasteiger partial charge in [-0.15, -0.1) is 0 Å². The third-order valence-corrected chi connectivity index (χ3v) is 3.30. The van der Waals surface area contributed by atoms with Crippen molar-refractivity contribution >= 4 is 0 Å². The molecule has 0 spiro atoms. The van der Waals surface area contributed by atoms with Gasteiger partial charge in [0, 0.05) is 11.1 Å². The molecule has 0 saturated carbocycles. The number of aromatic nitrogens is 2. The quantitative estimate of drug-likeness (QED) is 0.700. The van der Waals surface area contributed by atoms with Crippen molar-refractivity contribution in [2.45, 2.75) is 20.3 Å². The molecule has 0 saturated heterocycles. The van der Waals surface area contributed by atoms with Crippen molar-refractivity contribution in [2.24, 2.45) is 5.92 Å². The molecular weight excluding hydrogens is 260 g/mol. The Hall–Kier alpha value is -2.42. The molecule has 3 heteroatoms. The van der Waals surface area contributed by atoms with E-state index >= 15 is 0 Å². The second-order valence-electron chi connectivity index (χ2n) is 5.58. The van der Waals surface area contributed by atoms with Crippen LogP contribution in [0.15, 0.2) is 59.1 Å². The molecule has 0 aliphatic rings. The van der Waals surface area contributed by atoms with Crippen molar-refractivity contribution < 1.29 is 4.52 Å². The van der Waals surface area contributed by atoms with Gasteiger partial charge < -0.3 is 4.52 Å². The smallest absolute Gasteiger partial charge is 0.258 e. The lowest BCUT2D eigenvalue weighted by molar-refractivity contribution is 0.432. The summed E-state index contributed by atoms with van der Waals surface area (Å²) in [4.78, 5) is 4.46. The zero-order chi connectivity index (χ0) is 14.7. The summed E-state index contributed by atoms with van der Waals surface area (Å²) in [5, 5.41) is 4.05. The molecule has 3 aromatic rings. The lowest BCUT2D eigenvalue weighted by Crippen LogP contribution is -1.93. The van der Waals surface area contributed by atoms with Gasteiger partial charge in [-0.2, -0.15) is 4.98 Å². The van der Waals surface area contributed by atoms with E-state index in [-0.39, 0.29) is 0 Å². The van der Waals surface area contributed by atoms with Gasteiger partial charge in [-0.05, 0) is 30.0 Å². The number of nitrogens with zero attached hydrogens (tertiary/aromatic N) is 2. The maximum atomic E-state index is 5.36. The van der Waals surface area contributed by atoms with Gasteiger partial charge in [-0.3, -0.25) is 0 Å². The van der Waals surface area contributed by atoms with E-state index in [1.807, 2.05) is 42.5 Å². The average molecular weight is 278 g/mol. The van der Waals surface area contributed by atoms with Crippen molar-refractivity contribution in [3.8, 4) is 22.8 Å². The van der Waals surface area contributed by atoms with E-state index in [1.54, 1.807) is 0 Å². The molecule has 0 fully saturated rings. The number of benzene rings is 2. The molecule has 0 N–H and O–H groups in total. The number of rotatable bonds is 4. The monoisotopic (exact) mass is 278 g/mol. The van der Waals surface area contributed by atoms with E-state index in [0.29, 0.717) is 17.6 Å². The van der Waals surface area contributed by atoms with E-state index in [0.717, 1.165) is 17.5 Å². The highest BCUT2D eigenvalue weighted by atomic mass is 16.5. The van der Waals surface area contributed by atoms with Gasteiger partial charge >= 0.3 is 0 Å². The first-order chi connectivity index (χ1) is 10.2. The van der Waals surface area contributed by atoms with Crippen LogP contribution >= 0.6 is 0 Å². The standard InChI is InChI=1S/C18H18N2O/c1-13(2)12-14-8-10-16(11-9-14)18-19-17(20-21-18)15-6-4-3-5-7-15/h3-11,13H,12H2,1-2H3. The van der Waals surface area contributed by atoms with Gasteiger partial charge in [0.2, 0.25) is 5.82 Å². The Balaban J connectivity index is 1.83. The van der Waals surface area contributed by atoms with Crippen LogP contribution in [-0.4, -0.2) is 10.1 Å². The van der Waals surface area contributed by atoms with Crippen LogP contribution in [-0.2, 0) is 6.42 Å². The molecule has 0 unspecified atom stereocenters. The SMILES string of the molecule is CC(C)Cc1ccc(-c2nc(-c3ccccc3)no2)cc1. The molecule has 1 heterocycles. The molecule has 106 valence electrons. The predicted octanol–water partition coefficient (Wildman–Crippen LogP) is 4.60. The lowest BCUT2D eigenvalue weighted by Gasteiger charge is -2.04. The Bertz CT molecular complexity index is 700. The summed E-state index contributed by atoms with van der Waals surface area (Å²) in [5.74, 6) is 1.84. The normalized spacial score (nSPS) is 11.0. The third kappa shape index (κ3) is 3.19. The number of hydrogen-bond donors (Lipinski definition) is 0. The predicted molar refractivity (Wildman–Crippen MR) is 83.7 cm³/mol. The fourth-order valence-corrected chi connectivity index (χ4v) is 2.30. The summed E-state index contributed by atoms with van der Waals surface area (Å²) < 4.78 is 5.36. The first-order valence-corrected chi connectivity index (χ1v) is 7.21. The Morgan fingerprint density at radius 1 is 0.905 bits per heavy atom. The summed E-state index contributed by atoms with van der Waals surface area (Å²) in [7, 11) is 0. The molecule has 3 nitrogen and oxygen atoms in total. The highest BCUT2D eigenvalue weighted by Gasteiger charge is 2.10. The third-order valence-electron chi connectivity index (χ3n) is 3.30. The van der Waals surface area contributed by atoms with E-state index < -0.39 is 0 Å². The van der Waals surface area contributed by atoms with Crippen LogP contribution in [0.3, 0.4) is 0 Å². The molecule has 0 amide bonds. The minimum Gasteiger partial charge on any atom is -0.334 e. The fraction of sp³-hybridized carbons (Fsp3) is 0.222. The highest BCUT2D eigenvalue weighted by molar-refractivity contribution is 5.59. The van der Waals surface area contributed by atoms with E-state index in [4.69, 9.17) is 4.52 Å². The molecular formula is C18H18N2O. The summed E-state index contributed by atoms with van der Waals surface area (Å²) in [6, 6.07) is 18.2. The lowest BCUT2D eigenvalue weighted by atomic mass is 10.0. The van der Waals surface area contributed by atoms with E-state index in [2.05, 4.69) is 36.1 Å². The second kappa shape index (κ2) is 5.92. The van der Waals surface area contributed by atoms with Gasteiger partial charge in [0.1, 0.15) is 0 Å². The van der Waals surface area contributed by atoms with Crippen LogP contribution in [0, 0.1) is 5.92 Å². The molecule has 0 aliphatic carbocycles. The van der Waals surface area contributed by atoms with Crippen molar-refractivity contribution in [3.63, 3.8) is 0 Å². The molecule has 2 aromatic carbocycles. The largest absolute Gasteiger partial charge is 0.334 e. The summed E-state index contributed by atoms with van der Waals surface area (Å²) in [6.45, 7) is 4.44. The minimum atomic E-state index is 0.560. The minimum absolute atomic E-state index is 0.560. The molecule has 0 aliphatic heterocycles. The zero-order valence-electron chi connectivity index (χ0n) is 12.3. The first kappa shape index (κ1) is 13.6. The molecule has 1 aromatic heterocycles. The van der Waals surface area contributed by atoms with Crippen LogP contribution < -0.4 is 0 Å². The fourth-order valence-electron chi connectivity index (χ4n) is 2.30. The maximum absolute atomic E-state index is 5.36.